The monoisotopic (exact) mass is 332 g/mol. The maximum absolute atomic E-state index is 13.2. The van der Waals surface area contributed by atoms with Crippen LogP contribution in [0.5, 0.6) is 0 Å². The summed E-state index contributed by atoms with van der Waals surface area (Å²) in [6, 6.07) is -1.53. The SMILES string of the molecule is FC(F)(F)C(CNC1CCCC(C2CCOC2)C1)n1cncn1. The van der Waals surface area contributed by atoms with Gasteiger partial charge in [-0.1, -0.05) is 6.42 Å². The Morgan fingerprint density at radius 2 is 2.13 bits per heavy atom. The number of nitrogens with one attached hydrogen (secondary N) is 1. The number of halogens is 3. The molecule has 2 heterocycles. The third-order valence-electron chi connectivity index (χ3n) is 5.08. The molecular formula is C15H23F3N4O. The molecule has 23 heavy (non-hydrogen) atoms. The Morgan fingerprint density at radius 1 is 1.26 bits per heavy atom. The van der Waals surface area contributed by atoms with Gasteiger partial charge in [0, 0.05) is 25.8 Å². The lowest BCUT2D eigenvalue weighted by atomic mass is 9.77. The molecule has 130 valence electrons. The highest BCUT2D eigenvalue weighted by Gasteiger charge is 2.42. The van der Waals surface area contributed by atoms with Crippen LogP contribution < -0.4 is 5.32 Å². The van der Waals surface area contributed by atoms with Crippen LogP contribution in [-0.2, 0) is 4.74 Å². The predicted octanol–water partition coefficient (Wildman–Crippen LogP) is 2.57. The minimum atomic E-state index is -4.34. The second kappa shape index (κ2) is 7.17. The molecule has 1 aliphatic heterocycles. The fraction of sp³-hybridized carbons (Fsp3) is 0.867. The van der Waals surface area contributed by atoms with E-state index in [-0.39, 0.29) is 12.6 Å². The molecule has 1 N–H and O–H groups in total. The molecule has 0 spiro atoms. The van der Waals surface area contributed by atoms with Gasteiger partial charge in [0.15, 0.2) is 6.04 Å². The quantitative estimate of drug-likeness (QED) is 0.900. The van der Waals surface area contributed by atoms with Gasteiger partial charge < -0.3 is 10.1 Å². The Bertz CT molecular complexity index is 474. The smallest absolute Gasteiger partial charge is 0.381 e. The lowest BCUT2D eigenvalue weighted by Gasteiger charge is -2.34. The van der Waals surface area contributed by atoms with Crippen molar-refractivity contribution in [3.63, 3.8) is 0 Å². The Balaban J connectivity index is 1.55. The molecule has 0 amide bonds. The maximum atomic E-state index is 13.2. The topological polar surface area (TPSA) is 52.0 Å². The lowest BCUT2D eigenvalue weighted by Crippen LogP contribution is -2.43. The third kappa shape index (κ3) is 4.23. The molecule has 1 aromatic rings. The third-order valence-corrected chi connectivity index (χ3v) is 5.08. The fourth-order valence-electron chi connectivity index (χ4n) is 3.78. The summed E-state index contributed by atoms with van der Waals surface area (Å²) in [6.45, 7) is 1.47. The molecule has 0 aromatic carbocycles. The first-order valence-corrected chi connectivity index (χ1v) is 8.26. The van der Waals surface area contributed by atoms with E-state index in [0.29, 0.717) is 11.8 Å². The van der Waals surface area contributed by atoms with Gasteiger partial charge in [-0.05, 0) is 37.5 Å². The summed E-state index contributed by atoms with van der Waals surface area (Å²) in [4.78, 5) is 3.63. The van der Waals surface area contributed by atoms with Crippen molar-refractivity contribution in [1.82, 2.24) is 20.1 Å². The van der Waals surface area contributed by atoms with E-state index in [1.807, 2.05) is 0 Å². The Hall–Kier alpha value is -1.15. The zero-order valence-corrected chi connectivity index (χ0v) is 13.0. The second-order valence-corrected chi connectivity index (χ2v) is 6.59. The van der Waals surface area contributed by atoms with Crippen LogP contribution in [0, 0.1) is 11.8 Å². The van der Waals surface area contributed by atoms with Crippen LogP contribution in [0.1, 0.15) is 38.1 Å². The van der Waals surface area contributed by atoms with Crippen molar-refractivity contribution in [3.8, 4) is 0 Å². The summed E-state index contributed by atoms with van der Waals surface area (Å²) in [5.41, 5.74) is 0. The van der Waals surface area contributed by atoms with E-state index in [1.165, 1.54) is 0 Å². The summed E-state index contributed by atoms with van der Waals surface area (Å²) in [5, 5.41) is 6.77. The van der Waals surface area contributed by atoms with Crippen LogP contribution in [0.2, 0.25) is 0 Å². The first-order chi connectivity index (χ1) is 11.0. The number of alkyl halides is 3. The number of hydrogen-bond acceptors (Lipinski definition) is 4. The van der Waals surface area contributed by atoms with Gasteiger partial charge >= 0.3 is 6.18 Å². The summed E-state index contributed by atoms with van der Waals surface area (Å²) >= 11 is 0. The molecule has 4 unspecified atom stereocenters. The highest BCUT2D eigenvalue weighted by atomic mass is 19.4. The van der Waals surface area contributed by atoms with Gasteiger partial charge in [-0.2, -0.15) is 18.3 Å². The number of rotatable bonds is 5. The Labute approximate surface area is 133 Å². The van der Waals surface area contributed by atoms with Crippen LogP contribution in [0.15, 0.2) is 12.7 Å². The van der Waals surface area contributed by atoms with Crippen molar-refractivity contribution in [2.45, 2.75) is 50.4 Å². The van der Waals surface area contributed by atoms with Gasteiger partial charge in [-0.15, -0.1) is 0 Å². The number of hydrogen-bond donors (Lipinski definition) is 1. The van der Waals surface area contributed by atoms with Crippen LogP contribution in [0.25, 0.3) is 0 Å². The zero-order valence-electron chi connectivity index (χ0n) is 13.0. The van der Waals surface area contributed by atoms with Crippen molar-refractivity contribution in [2.24, 2.45) is 11.8 Å². The van der Waals surface area contributed by atoms with Crippen molar-refractivity contribution in [3.05, 3.63) is 12.7 Å². The Kier molecular flexibility index (Phi) is 5.21. The number of nitrogens with zero attached hydrogens (tertiary/aromatic N) is 3. The van der Waals surface area contributed by atoms with Crippen LogP contribution in [-0.4, -0.2) is 46.7 Å². The van der Waals surface area contributed by atoms with E-state index in [2.05, 4.69) is 15.4 Å². The average Bonchev–Trinajstić information content (AvgIpc) is 3.20. The van der Waals surface area contributed by atoms with Gasteiger partial charge in [-0.25, -0.2) is 9.67 Å². The molecule has 0 radical (unpaired) electrons. The molecule has 1 saturated heterocycles. The summed E-state index contributed by atoms with van der Waals surface area (Å²) in [7, 11) is 0. The largest absolute Gasteiger partial charge is 0.412 e. The standard InChI is InChI=1S/C15H23F3N4O/c16-15(17,18)14(22-10-19-9-21-22)7-20-13-3-1-2-11(6-13)12-4-5-23-8-12/h9-14,20H,1-8H2. The van der Waals surface area contributed by atoms with Crippen molar-refractivity contribution in [1.29, 1.82) is 0 Å². The summed E-state index contributed by atoms with van der Waals surface area (Å²) < 4.78 is 46.0. The maximum Gasteiger partial charge on any atom is 0.412 e. The molecule has 4 atom stereocenters. The van der Waals surface area contributed by atoms with Gasteiger partial charge in [0.2, 0.25) is 0 Å². The van der Waals surface area contributed by atoms with Crippen LogP contribution in [0.4, 0.5) is 13.2 Å². The predicted molar refractivity (Wildman–Crippen MR) is 77.8 cm³/mol. The minimum absolute atomic E-state index is 0.141. The van der Waals surface area contributed by atoms with E-state index in [1.54, 1.807) is 0 Å². The molecule has 1 aromatic heterocycles. The average molecular weight is 332 g/mol. The first-order valence-electron chi connectivity index (χ1n) is 8.26. The fourth-order valence-corrected chi connectivity index (χ4v) is 3.78. The van der Waals surface area contributed by atoms with E-state index < -0.39 is 12.2 Å². The zero-order chi connectivity index (χ0) is 16.3. The first kappa shape index (κ1) is 16.7. The minimum Gasteiger partial charge on any atom is -0.381 e. The summed E-state index contributed by atoms with van der Waals surface area (Å²) in [5.74, 6) is 1.15. The molecule has 1 aliphatic carbocycles. The van der Waals surface area contributed by atoms with Crippen LogP contribution >= 0.6 is 0 Å². The van der Waals surface area contributed by atoms with Gasteiger partial charge in [0.05, 0.1) is 0 Å². The molecule has 3 rings (SSSR count). The molecule has 5 nitrogen and oxygen atoms in total. The Morgan fingerprint density at radius 3 is 2.78 bits per heavy atom. The molecular weight excluding hydrogens is 309 g/mol. The number of ether oxygens (including phenoxy) is 1. The van der Waals surface area contributed by atoms with Gasteiger partial charge in [-0.3, -0.25) is 0 Å². The second-order valence-electron chi connectivity index (χ2n) is 6.59. The molecule has 0 bridgehead atoms. The highest BCUT2D eigenvalue weighted by Crippen LogP contribution is 2.35. The molecule has 1 saturated carbocycles. The van der Waals surface area contributed by atoms with Crippen molar-refractivity contribution >= 4 is 0 Å². The normalized spacial score (nSPS) is 30.5. The molecule has 2 fully saturated rings. The van der Waals surface area contributed by atoms with Crippen molar-refractivity contribution < 1.29 is 17.9 Å². The van der Waals surface area contributed by atoms with Gasteiger partial charge in [0.1, 0.15) is 12.7 Å². The van der Waals surface area contributed by atoms with Crippen molar-refractivity contribution in [2.75, 3.05) is 19.8 Å². The molecule has 2 aliphatic rings. The highest BCUT2D eigenvalue weighted by molar-refractivity contribution is 4.86. The van der Waals surface area contributed by atoms with Crippen LogP contribution in [0.3, 0.4) is 0 Å². The van der Waals surface area contributed by atoms with E-state index in [0.717, 1.165) is 62.7 Å². The lowest BCUT2D eigenvalue weighted by molar-refractivity contribution is -0.169. The van der Waals surface area contributed by atoms with E-state index in [9.17, 15) is 13.2 Å². The van der Waals surface area contributed by atoms with E-state index in [4.69, 9.17) is 4.74 Å². The van der Waals surface area contributed by atoms with E-state index >= 15 is 0 Å². The molecule has 8 heteroatoms. The summed E-state index contributed by atoms with van der Waals surface area (Å²) in [6.07, 6.45) is 3.11. The van der Waals surface area contributed by atoms with Gasteiger partial charge in [0.25, 0.3) is 0 Å². The number of aromatic nitrogens is 3.